The maximum absolute atomic E-state index is 10.9. The van der Waals surface area contributed by atoms with Crippen LogP contribution < -0.4 is 5.32 Å². The largest absolute Gasteiger partial charge is 0.477 e. The lowest BCUT2D eigenvalue weighted by molar-refractivity contribution is 0.0701. The molecule has 18 heavy (non-hydrogen) atoms. The highest BCUT2D eigenvalue weighted by molar-refractivity contribution is 7.17. The highest BCUT2D eigenvalue weighted by atomic mass is 32.1. The van der Waals surface area contributed by atoms with Crippen molar-refractivity contribution in [1.82, 2.24) is 14.8 Å². The van der Waals surface area contributed by atoms with Gasteiger partial charge in [0.1, 0.15) is 4.88 Å². The molecule has 0 radical (unpaired) electrons. The molecule has 2 aromatic rings. The molecule has 0 aliphatic heterocycles. The average molecular weight is 266 g/mol. The van der Waals surface area contributed by atoms with Crippen LogP contribution in [0.25, 0.3) is 0 Å². The molecule has 0 aliphatic rings. The molecule has 7 heteroatoms. The molecule has 0 fully saturated rings. The monoisotopic (exact) mass is 266 g/mol. The maximum Gasteiger partial charge on any atom is 0.347 e. The standard InChI is InChI=1S/C11H14N4O2S/c1-7(6-15-5-3-4-12-15)13-11-14-8(2)9(18-11)10(16)17/h3-5,7H,6H2,1-2H3,(H,13,14)(H,16,17). The molecule has 0 bridgehead atoms. The van der Waals surface area contributed by atoms with E-state index in [1.165, 1.54) is 0 Å². The Morgan fingerprint density at radius 1 is 1.67 bits per heavy atom. The molecule has 0 aliphatic carbocycles. The third-order valence-corrected chi connectivity index (χ3v) is 3.46. The summed E-state index contributed by atoms with van der Waals surface area (Å²) >= 11 is 1.16. The number of aromatic nitrogens is 3. The third kappa shape index (κ3) is 2.86. The number of nitrogens with zero attached hydrogens (tertiary/aromatic N) is 3. The van der Waals surface area contributed by atoms with Crippen molar-refractivity contribution in [2.24, 2.45) is 0 Å². The number of rotatable bonds is 5. The van der Waals surface area contributed by atoms with Crippen LogP contribution in [0.3, 0.4) is 0 Å². The average Bonchev–Trinajstić information content (AvgIpc) is 2.88. The van der Waals surface area contributed by atoms with Gasteiger partial charge in [0.05, 0.1) is 12.2 Å². The van der Waals surface area contributed by atoms with Crippen LogP contribution in [0, 0.1) is 6.92 Å². The number of hydrogen-bond acceptors (Lipinski definition) is 5. The predicted molar refractivity (Wildman–Crippen MR) is 69.1 cm³/mol. The number of thiazole rings is 1. The van der Waals surface area contributed by atoms with Crippen LogP contribution >= 0.6 is 11.3 Å². The normalized spacial score (nSPS) is 12.3. The first-order valence-electron chi connectivity index (χ1n) is 5.51. The number of aromatic carboxylic acids is 1. The Hall–Kier alpha value is -1.89. The summed E-state index contributed by atoms with van der Waals surface area (Å²) in [6.45, 7) is 4.40. The number of nitrogens with one attached hydrogen (secondary N) is 1. The summed E-state index contributed by atoms with van der Waals surface area (Å²) < 4.78 is 1.82. The van der Waals surface area contributed by atoms with Gasteiger partial charge in [0.15, 0.2) is 5.13 Å². The van der Waals surface area contributed by atoms with Crippen LogP contribution in [0.5, 0.6) is 0 Å². The summed E-state index contributed by atoms with van der Waals surface area (Å²) in [5.74, 6) is -0.933. The summed E-state index contributed by atoms with van der Waals surface area (Å²) in [5.41, 5.74) is 0.543. The van der Waals surface area contributed by atoms with Gasteiger partial charge in [0.2, 0.25) is 0 Å². The highest BCUT2D eigenvalue weighted by Crippen LogP contribution is 2.23. The first kappa shape index (κ1) is 12.6. The lowest BCUT2D eigenvalue weighted by Gasteiger charge is -2.12. The molecule has 1 unspecified atom stereocenters. The molecule has 2 heterocycles. The summed E-state index contributed by atoms with van der Waals surface area (Å²) in [4.78, 5) is 15.4. The topological polar surface area (TPSA) is 80.0 Å². The zero-order valence-corrected chi connectivity index (χ0v) is 10.9. The molecule has 2 N–H and O–H groups in total. The van der Waals surface area contributed by atoms with E-state index in [1.807, 2.05) is 23.9 Å². The first-order valence-corrected chi connectivity index (χ1v) is 6.32. The van der Waals surface area contributed by atoms with E-state index in [1.54, 1.807) is 13.1 Å². The van der Waals surface area contributed by atoms with Crippen LogP contribution in [0.4, 0.5) is 5.13 Å². The van der Waals surface area contributed by atoms with Crippen LogP contribution in [-0.2, 0) is 6.54 Å². The fourth-order valence-corrected chi connectivity index (χ4v) is 2.52. The molecule has 0 amide bonds. The Morgan fingerprint density at radius 2 is 2.44 bits per heavy atom. The zero-order chi connectivity index (χ0) is 13.1. The Morgan fingerprint density at radius 3 is 3.00 bits per heavy atom. The van der Waals surface area contributed by atoms with Crippen LogP contribution in [0.1, 0.15) is 22.3 Å². The molecule has 2 aromatic heterocycles. The number of hydrogen-bond donors (Lipinski definition) is 2. The van der Waals surface area contributed by atoms with E-state index in [4.69, 9.17) is 5.11 Å². The van der Waals surface area contributed by atoms with Crippen molar-refractivity contribution in [2.45, 2.75) is 26.4 Å². The van der Waals surface area contributed by atoms with E-state index in [0.29, 0.717) is 17.4 Å². The Labute approximate surface area is 108 Å². The predicted octanol–water partition coefficient (Wildman–Crippen LogP) is 1.85. The Kier molecular flexibility index (Phi) is 3.61. The quantitative estimate of drug-likeness (QED) is 0.863. The molecule has 0 saturated heterocycles. The summed E-state index contributed by atoms with van der Waals surface area (Å²) in [5, 5.41) is 16.9. The number of carboxylic acids is 1. The van der Waals surface area contributed by atoms with Crippen molar-refractivity contribution in [3.63, 3.8) is 0 Å². The Bertz CT molecular complexity index is 535. The molecule has 96 valence electrons. The minimum atomic E-state index is -0.933. The highest BCUT2D eigenvalue weighted by Gasteiger charge is 2.15. The van der Waals surface area contributed by atoms with Crippen LogP contribution in [0.15, 0.2) is 18.5 Å². The van der Waals surface area contributed by atoms with Crippen LogP contribution in [0.2, 0.25) is 0 Å². The van der Waals surface area contributed by atoms with Gasteiger partial charge in [-0.3, -0.25) is 4.68 Å². The van der Waals surface area contributed by atoms with E-state index in [-0.39, 0.29) is 10.9 Å². The van der Waals surface area contributed by atoms with Crippen molar-refractivity contribution >= 4 is 22.4 Å². The second-order valence-corrected chi connectivity index (χ2v) is 5.01. The van der Waals surface area contributed by atoms with Gasteiger partial charge in [0.25, 0.3) is 0 Å². The SMILES string of the molecule is Cc1nc(NC(C)Cn2cccn2)sc1C(=O)O. The first-order chi connectivity index (χ1) is 8.56. The maximum atomic E-state index is 10.9. The molecule has 2 rings (SSSR count). The minimum Gasteiger partial charge on any atom is -0.477 e. The fraction of sp³-hybridized carbons (Fsp3) is 0.364. The van der Waals surface area contributed by atoms with Gasteiger partial charge in [-0.05, 0) is 19.9 Å². The van der Waals surface area contributed by atoms with Gasteiger partial charge in [0, 0.05) is 18.4 Å². The second-order valence-electron chi connectivity index (χ2n) is 4.01. The van der Waals surface area contributed by atoms with Crippen LogP contribution in [-0.4, -0.2) is 31.9 Å². The molecule has 0 aromatic carbocycles. The molecular formula is C11H14N4O2S. The van der Waals surface area contributed by atoms with Crippen molar-refractivity contribution < 1.29 is 9.90 Å². The smallest absolute Gasteiger partial charge is 0.347 e. The van der Waals surface area contributed by atoms with E-state index in [0.717, 1.165) is 11.3 Å². The van der Waals surface area contributed by atoms with E-state index in [2.05, 4.69) is 15.4 Å². The number of carboxylic acid groups (broad SMARTS) is 1. The van der Waals surface area contributed by atoms with Crippen molar-refractivity contribution in [3.05, 3.63) is 29.0 Å². The molecule has 1 atom stereocenters. The lowest BCUT2D eigenvalue weighted by Crippen LogP contribution is -2.22. The minimum absolute atomic E-state index is 0.122. The van der Waals surface area contributed by atoms with Gasteiger partial charge < -0.3 is 10.4 Å². The zero-order valence-electron chi connectivity index (χ0n) is 10.1. The molecule has 0 saturated carbocycles. The molecule has 6 nitrogen and oxygen atoms in total. The summed E-state index contributed by atoms with van der Waals surface area (Å²) in [6, 6.07) is 1.99. The summed E-state index contributed by atoms with van der Waals surface area (Å²) in [7, 11) is 0. The van der Waals surface area contributed by atoms with E-state index >= 15 is 0 Å². The molecular weight excluding hydrogens is 252 g/mol. The van der Waals surface area contributed by atoms with Crippen molar-refractivity contribution in [1.29, 1.82) is 0 Å². The lowest BCUT2D eigenvalue weighted by atomic mass is 10.3. The Balaban J connectivity index is 2.01. The van der Waals surface area contributed by atoms with E-state index < -0.39 is 5.97 Å². The van der Waals surface area contributed by atoms with Gasteiger partial charge in [-0.2, -0.15) is 5.10 Å². The van der Waals surface area contributed by atoms with Gasteiger partial charge in [-0.25, -0.2) is 9.78 Å². The van der Waals surface area contributed by atoms with E-state index in [9.17, 15) is 4.79 Å². The second kappa shape index (κ2) is 5.18. The fourth-order valence-electron chi connectivity index (χ4n) is 1.60. The molecule has 0 spiro atoms. The number of aryl methyl sites for hydroxylation is 1. The summed E-state index contributed by atoms with van der Waals surface area (Å²) in [6.07, 6.45) is 3.61. The van der Waals surface area contributed by atoms with Crippen molar-refractivity contribution in [3.8, 4) is 0 Å². The van der Waals surface area contributed by atoms with Crippen molar-refractivity contribution in [2.75, 3.05) is 5.32 Å². The van der Waals surface area contributed by atoms with Gasteiger partial charge >= 0.3 is 5.97 Å². The van der Waals surface area contributed by atoms with Gasteiger partial charge in [-0.15, -0.1) is 0 Å². The van der Waals surface area contributed by atoms with Gasteiger partial charge in [-0.1, -0.05) is 11.3 Å². The number of anilines is 1. The third-order valence-electron chi connectivity index (χ3n) is 2.38. The number of carbonyl (C=O) groups is 1.